The van der Waals surface area contributed by atoms with Crippen LogP contribution < -0.4 is 5.73 Å². The van der Waals surface area contributed by atoms with Gasteiger partial charge in [-0.1, -0.05) is 0 Å². The molecule has 1 rings (SSSR count). The van der Waals surface area contributed by atoms with Crippen molar-refractivity contribution in [1.29, 1.82) is 0 Å². The van der Waals surface area contributed by atoms with Gasteiger partial charge in [-0.05, 0) is 6.92 Å². The van der Waals surface area contributed by atoms with Crippen LogP contribution in [0.25, 0.3) is 0 Å². The van der Waals surface area contributed by atoms with Crippen LogP contribution in [0.1, 0.15) is 10.6 Å². The highest BCUT2D eigenvalue weighted by Gasteiger charge is 2.00. The highest BCUT2D eigenvalue weighted by molar-refractivity contribution is 7.09. The number of aromatic nitrogens is 1. The number of hydrogen-bond donors (Lipinski definition) is 1. The number of thiazole rings is 1. The molecule has 0 radical (unpaired) electrons. The highest BCUT2D eigenvalue weighted by Crippen LogP contribution is 2.12. The van der Waals surface area contributed by atoms with Crippen LogP contribution in [0.15, 0.2) is 5.51 Å². The second kappa shape index (κ2) is 7.76. The van der Waals surface area contributed by atoms with Crippen LogP contribution in [0.4, 0.5) is 0 Å². The molecule has 5 heteroatoms. The average Bonchev–Trinajstić information content (AvgIpc) is 2.63. The summed E-state index contributed by atoms with van der Waals surface area (Å²) in [4.78, 5) is 5.48. The van der Waals surface area contributed by atoms with Crippen LogP contribution in [0.2, 0.25) is 0 Å². The lowest BCUT2D eigenvalue weighted by molar-refractivity contribution is 0.0521. The number of nitrogens with zero attached hydrogens (tertiary/aromatic N) is 1. The van der Waals surface area contributed by atoms with Crippen LogP contribution in [0.3, 0.4) is 0 Å². The molecule has 1 aromatic heterocycles. The van der Waals surface area contributed by atoms with E-state index in [0.717, 1.165) is 18.7 Å². The topological polar surface area (TPSA) is 57.4 Å². The van der Waals surface area contributed by atoms with Gasteiger partial charge in [-0.25, -0.2) is 4.98 Å². The predicted octanol–water partition coefficient (Wildman–Crippen LogP) is 0.986. The summed E-state index contributed by atoms with van der Waals surface area (Å²) in [5.74, 6) is 0. The highest BCUT2D eigenvalue weighted by atomic mass is 32.1. The second-order valence-electron chi connectivity index (χ2n) is 3.12. The number of rotatable bonds is 8. The summed E-state index contributed by atoms with van der Waals surface area (Å²) < 4.78 is 10.6. The predicted molar refractivity (Wildman–Crippen MR) is 61.2 cm³/mol. The number of hydrogen-bond acceptors (Lipinski definition) is 5. The Morgan fingerprint density at radius 1 is 1.27 bits per heavy atom. The van der Waals surface area contributed by atoms with Crippen molar-refractivity contribution in [3.63, 3.8) is 0 Å². The third-order valence-electron chi connectivity index (χ3n) is 1.95. The molecule has 0 aromatic carbocycles. The summed E-state index contributed by atoms with van der Waals surface area (Å²) in [6.07, 6.45) is 0.938. The zero-order valence-corrected chi connectivity index (χ0v) is 9.89. The van der Waals surface area contributed by atoms with Gasteiger partial charge in [0.25, 0.3) is 0 Å². The summed E-state index contributed by atoms with van der Waals surface area (Å²) in [6, 6.07) is 0. The van der Waals surface area contributed by atoms with Crippen molar-refractivity contribution in [2.24, 2.45) is 5.73 Å². The third kappa shape index (κ3) is 5.22. The quantitative estimate of drug-likeness (QED) is 0.677. The first-order chi connectivity index (χ1) is 7.34. The number of ether oxygens (including phenoxy) is 2. The first-order valence-electron chi connectivity index (χ1n) is 5.09. The Morgan fingerprint density at radius 3 is 2.60 bits per heavy atom. The minimum atomic E-state index is 0.570. The zero-order chi connectivity index (χ0) is 10.9. The largest absolute Gasteiger partial charge is 0.379 e. The smallest absolute Gasteiger partial charge is 0.0797 e. The monoisotopic (exact) mass is 230 g/mol. The van der Waals surface area contributed by atoms with Crippen molar-refractivity contribution in [1.82, 2.24) is 4.98 Å². The van der Waals surface area contributed by atoms with Gasteiger partial charge in [0, 0.05) is 17.8 Å². The summed E-state index contributed by atoms with van der Waals surface area (Å²) in [5, 5.41) is 0. The van der Waals surface area contributed by atoms with Crippen molar-refractivity contribution in [2.45, 2.75) is 13.3 Å². The van der Waals surface area contributed by atoms with E-state index in [-0.39, 0.29) is 0 Å². The second-order valence-corrected chi connectivity index (χ2v) is 4.06. The van der Waals surface area contributed by atoms with Gasteiger partial charge < -0.3 is 15.2 Å². The van der Waals surface area contributed by atoms with E-state index in [1.165, 1.54) is 4.88 Å². The molecule has 2 N–H and O–H groups in total. The maximum absolute atomic E-state index is 5.42. The molecule has 0 aliphatic rings. The molecule has 4 nitrogen and oxygen atoms in total. The molecule has 0 aliphatic heterocycles. The maximum Gasteiger partial charge on any atom is 0.0797 e. The van der Waals surface area contributed by atoms with Gasteiger partial charge in [0.05, 0.1) is 37.6 Å². The number of nitrogens with two attached hydrogens (primary N) is 1. The molecule has 0 atom stereocenters. The Kier molecular flexibility index (Phi) is 6.50. The Hall–Kier alpha value is -0.490. The molecule has 0 saturated carbocycles. The summed E-state index contributed by atoms with van der Waals surface area (Å²) in [5.41, 5.74) is 8.26. The van der Waals surface area contributed by atoms with Crippen LogP contribution in [-0.4, -0.2) is 38.0 Å². The molecule has 86 valence electrons. The average molecular weight is 230 g/mol. The van der Waals surface area contributed by atoms with Gasteiger partial charge in [-0.3, -0.25) is 0 Å². The molecule has 0 aliphatic carbocycles. The van der Waals surface area contributed by atoms with Crippen LogP contribution >= 0.6 is 11.3 Å². The lowest BCUT2D eigenvalue weighted by Crippen LogP contribution is -2.12. The van der Waals surface area contributed by atoms with Gasteiger partial charge in [-0.2, -0.15) is 0 Å². The Labute approximate surface area is 94.4 Å². The van der Waals surface area contributed by atoms with E-state index in [1.54, 1.807) is 11.3 Å². The molecule has 0 amide bonds. The molecule has 15 heavy (non-hydrogen) atoms. The van der Waals surface area contributed by atoms with Gasteiger partial charge >= 0.3 is 0 Å². The Bertz CT molecular complexity index is 266. The summed E-state index contributed by atoms with van der Waals surface area (Å²) in [6.45, 7) is 5.19. The molecule has 1 heterocycles. The van der Waals surface area contributed by atoms with Gasteiger partial charge in [0.1, 0.15) is 0 Å². The minimum absolute atomic E-state index is 0.570. The fourth-order valence-corrected chi connectivity index (χ4v) is 1.90. The van der Waals surface area contributed by atoms with Crippen LogP contribution in [0.5, 0.6) is 0 Å². The fraction of sp³-hybridized carbons (Fsp3) is 0.700. The standard InChI is InChI=1S/C10H18N2O2S/c1-9-10(15-8-12-9)2-4-13-6-7-14-5-3-11/h8H,2-7,11H2,1H3. The van der Waals surface area contributed by atoms with Crippen LogP contribution in [-0.2, 0) is 15.9 Å². The van der Waals surface area contributed by atoms with Crippen molar-refractivity contribution in [3.8, 4) is 0 Å². The van der Waals surface area contributed by atoms with Gasteiger partial charge in [-0.15, -0.1) is 11.3 Å². The van der Waals surface area contributed by atoms with E-state index in [4.69, 9.17) is 15.2 Å². The molecule has 0 spiro atoms. The van der Waals surface area contributed by atoms with E-state index < -0.39 is 0 Å². The Morgan fingerprint density at radius 2 is 2.00 bits per heavy atom. The van der Waals surface area contributed by atoms with E-state index in [2.05, 4.69) is 4.98 Å². The van der Waals surface area contributed by atoms with Crippen molar-refractivity contribution in [3.05, 3.63) is 16.1 Å². The molecule has 0 bridgehead atoms. The molecule has 0 saturated heterocycles. The van der Waals surface area contributed by atoms with Crippen molar-refractivity contribution < 1.29 is 9.47 Å². The zero-order valence-electron chi connectivity index (χ0n) is 9.07. The molecule has 1 aromatic rings. The fourth-order valence-electron chi connectivity index (χ4n) is 1.14. The van der Waals surface area contributed by atoms with Gasteiger partial charge in [0.2, 0.25) is 0 Å². The summed E-state index contributed by atoms with van der Waals surface area (Å²) >= 11 is 1.68. The third-order valence-corrected chi connectivity index (χ3v) is 2.95. The van der Waals surface area contributed by atoms with Crippen molar-refractivity contribution in [2.75, 3.05) is 33.0 Å². The van der Waals surface area contributed by atoms with E-state index in [1.807, 2.05) is 12.4 Å². The molecular formula is C10H18N2O2S. The SMILES string of the molecule is Cc1ncsc1CCOCCOCCN. The lowest BCUT2D eigenvalue weighted by atomic mass is 10.3. The lowest BCUT2D eigenvalue weighted by Gasteiger charge is -2.04. The van der Waals surface area contributed by atoms with E-state index in [9.17, 15) is 0 Å². The summed E-state index contributed by atoms with van der Waals surface area (Å²) in [7, 11) is 0. The van der Waals surface area contributed by atoms with E-state index in [0.29, 0.717) is 26.4 Å². The van der Waals surface area contributed by atoms with Gasteiger partial charge in [0.15, 0.2) is 0 Å². The molecular weight excluding hydrogens is 212 g/mol. The minimum Gasteiger partial charge on any atom is -0.379 e. The first-order valence-corrected chi connectivity index (χ1v) is 5.97. The molecule has 0 fully saturated rings. The normalized spacial score (nSPS) is 10.8. The van der Waals surface area contributed by atoms with E-state index >= 15 is 0 Å². The van der Waals surface area contributed by atoms with Crippen molar-refractivity contribution >= 4 is 11.3 Å². The number of aryl methyl sites for hydroxylation is 1. The maximum atomic E-state index is 5.42. The Balaban J connectivity index is 1.96. The first kappa shape index (κ1) is 12.6. The van der Waals surface area contributed by atoms with Crippen LogP contribution in [0, 0.1) is 6.92 Å². The molecule has 0 unspecified atom stereocenters.